The van der Waals surface area contributed by atoms with Crippen molar-refractivity contribution < 1.29 is 4.39 Å². The smallest absolute Gasteiger partial charge is 0.123 e. The van der Waals surface area contributed by atoms with Gasteiger partial charge in [0.15, 0.2) is 0 Å². The van der Waals surface area contributed by atoms with Crippen LogP contribution in [0.15, 0.2) is 24.3 Å². The van der Waals surface area contributed by atoms with E-state index in [0.717, 1.165) is 12.1 Å². The zero-order valence-corrected chi connectivity index (χ0v) is 6.55. The number of nitrogens with zero attached hydrogens (tertiary/aromatic N) is 1. The van der Waals surface area contributed by atoms with Crippen molar-refractivity contribution in [2.24, 2.45) is 0 Å². The Morgan fingerprint density at radius 1 is 1.27 bits per heavy atom. The Bertz CT molecular complexity index is 205. The molecule has 1 aromatic carbocycles. The summed E-state index contributed by atoms with van der Waals surface area (Å²) in [6, 6.07) is 6.43. The second-order valence-corrected chi connectivity index (χ2v) is 2.32. The van der Waals surface area contributed by atoms with E-state index in [2.05, 4.69) is 5.32 Å². The summed E-state index contributed by atoms with van der Waals surface area (Å²) in [7, 11) is 0. The van der Waals surface area contributed by atoms with Gasteiger partial charge in [0.2, 0.25) is 0 Å². The van der Waals surface area contributed by atoms with E-state index in [1.165, 1.54) is 12.1 Å². The molecular weight excluding hydrogens is 141 g/mol. The highest BCUT2D eigenvalue weighted by Crippen LogP contribution is 2.01. The topological polar surface area (TPSA) is 14.1 Å². The zero-order valence-electron chi connectivity index (χ0n) is 6.55. The third-order valence-electron chi connectivity index (χ3n) is 1.43. The van der Waals surface area contributed by atoms with E-state index in [1.807, 2.05) is 6.92 Å². The average molecular weight is 152 g/mol. The Balaban J connectivity index is 2.52. The van der Waals surface area contributed by atoms with Crippen LogP contribution in [0.5, 0.6) is 0 Å². The molecule has 0 aliphatic heterocycles. The van der Waals surface area contributed by atoms with Crippen molar-refractivity contribution in [2.45, 2.75) is 13.5 Å². The van der Waals surface area contributed by atoms with Gasteiger partial charge in [-0.05, 0) is 17.7 Å². The summed E-state index contributed by atoms with van der Waals surface area (Å²) in [4.78, 5) is 0. The van der Waals surface area contributed by atoms with Crippen LogP contribution >= 0.6 is 0 Å². The molecule has 1 aromatic rings. The first-order chi connectivity index (χ1) is 5.33. The third kappa shape index (κ3) is 2.68. The van der Waals surface area contributed by atoms with Crippen molar-refractivity contribution in [3.8, 4) is 0 Å². The van der Waals surface area contributed by atoms with E-state index in [4.69, 9.17) is 0 Å². The summed E-state index contributed by atoms with van der Waals surface area (Å²) in [6.07, 6.45) is 0. The Morgan fingerprint density at radius 2 is 1.91 bits per heavy atom. The van der Waals surface area contributed by atoms with E-state index in [-0.39, 0.29) is 5.82 Å². The lowest BCUT2D eigenvalue weighted by molar-refractivity contribution is 0.625. The van der Waals surface area contributed by atoms with E-state index in [1.54, 1.807) is 12.1 Å². The van der Waals surface area contributed by atoms with Crippen molar-refractivity contribution in [1.29, 1.82) is 0 Å². The Morgan fingerprint density at radius 3 is 2.45 bits per heavy atom. The van der Waals surface area contributed by atoms with Gasteiger partial charge in [-0.1, -0.05) is 19.1 Å². The molecule has 2 heteroatoms. The first-order valence-corrected chi connectivity index (χ1v) is 3.70. The highest BCUT2D eigenvalue weighted by atomic mass is 19.1. The summed E-state index contributed by atoms with van der Waals surface area (Å²) in [6.45, 7) is 3.50. The van der Waals surface area contributed by atoms with Gasteiger partial charge in [-0.25, -0.2) is 9.71 Å². The molecule has 0 atom stereocenters. The van der Waals surface area contributed by atoms with Crippen molar-refractivity contribution in [1.82, 2.24) is 5.32 Å². The lowest BCUT2D eigenvalue weighted by Crippen LogP contribution is -2.02. The molecule has 0 aliphatic rings. The second kappa shape index (κ2) is 4.09. The van der Waals surface area contributed by atoms with Crippen LogP contribution in [-0.4, -0.2) is 6.54 Å². The lowest BCUT2D eigenvalue weighted by atomic mass is 10.2. The van der Waals surface area contributed by atoms with E-state index in [0.29, 0.717) is 6.54 Å². The van der Waals surface area contributed by atoms with Gasteiger partial charge >= 0.3 is 0 Å². The van der Waals surface area contributed by atoms with Crippen molar-refractivity contribution in [3.63, 3.8) is 0 Å². The largest absolute Gasteiger partial charge is 0.237 e. The normalized spacial score (nSPS) is 10.0. The molecule has 11 heavy (non-hydrogen) atoms. The molecule has 0 bridgehead atoms. The van der Waals surface area contributed by atoms with Crippen molar-refractivity contribution in [2.75, 3.05) is 6.54 Å². The average Bonchev–Trinajstić information content (AvgIpc) is 2.04. The predicted molar refractivity (Wildman–Crippen MR) is 42.8 cm³/mol. The molecule has 0 amide bonds. The van der Waals surface area contributed by atoms with Gasteiger partial charge in [0.25, 0.3) is 0 Å². The fraction of sp³-hybridized carbons (Fsp3) is 0.333. The summed E-state index contributed by atoms with van der Waals surface area (Å²) in [5.41, 5.74) is 1.06. The standard InChI is InChI=1S/C9H11FN/c1-2-11-7-8-3-5-9(10)6-4-8/h3-6H,2,7H2,1H3. The minimum Gasteiger partial charge on any atom is -0.237 e. The van der Waals surface area contributed by atoms with Crippen LogP contribution in [0.4, 0.5) is 4.39 Å². The Hall–Kier alpha value is -0.890. The molecule has 59 valence electrons. The summed E-state index contributed by atoms with van der Waals surface area (Å²) < 4.78 is 12.4. The summed E-state index contributed by atoms with van der Waals surface area (Å²) in [5.74, 6) is -0.190. The molecule has 0 saturated carbocycles. The molecule has 0 N–H and O–H groups in total. The van der Waals surface area contributed by atoms with Crippen LogP contribution in [0.25, 0.3) is 0 Å². The first kappa shape index (κ1) is 8.21. The minimum absolute atomic E-state index is 0.190. The zero-order chi connectivity index (χ0) is 8.10. The Kier molecular flexibility index (Phi) is 3.05. The third-order valence-corrected chi connectivity index (χ3v) is 1.43. The maximum absolute atomic E-state index is 12.4. The molecule has 0 aromatic heterocycles. The predicted octanol–water partition coefficient (Wildman–Crippen LogP) is 1.95. The van der Waals surface area contributed by atoms with Crippen LogP contribution in [0, 0.1) is 5.82 Å². The van der Waals surface area contributed by atoms with Gasteiger partial charge in [0, 0.05) is 13.1 Å². The second-order valence-electron chi connectivity index (χ2n) is 2.32. The van der Waals surface area contributed by atoms with Gasteiger partial charge in [-0.15, -0.1) is 0 Å². The van der Waals surface area contributed by atoms with Gasteiger partial charge < -0.3 is 0 Å². The molecule has 0 aliphatic carbocycles. The van der Waals surface area contributed by atoms with Crippen molar-refractivity contribution in [3.05, 3.63) is 35.6 Å². The van der Waals surface area contributed by atoms with E-state index in [9.17, 15) is 4.39 Å². The number of benzene rings is 1. The van der Waals surface area contributed by atoms with Crippen LogP contribution < -0.4 is 5.32 Å². The quantitative estimate of drug-likeness (QED) is 0.628. The highest BCUT2D eigenvalue weighted by molar-refractivity contribution is 5.15. The molecule has 1 rings (SSSR count). The molecule has 0 unspecified atom stereocenters. The Labute approximate surface area is 66.2 Å². The number of hydrogen-bond donors (Lipinski definition) is 0. The fourth-order valence-corrected chi connectivity index (χ4v) is 0.831. The maximum atomic E-state index is 12.4. The van der Waals surface area contributed by atoms with Crippen molar-refractivity contribution >= 4 is 0 Å². The monoisotopic (exact) mass is 152 g/mol. The molecule has 0 saturated heterocycles. The van der Waals surface area contributed by atoms with Gasteiger partial charge in [0.05, 0.1) is 0 Å². The van der Waals surface area contributed by atoms with Crippen LogP contribution in [0.3, 0.4) is 0 Å². The highest BCUT2D eigenvalue weighted by Gasteiger charge is 1.91. The summed E-state index contributed by atoms with van der Waals surface area (Å²) >= 11 is 0. The van der Waals surface area contributed by atoms with Gasteiger partial charge in [-0.3, -0.25) is 0 Å². The van der Waals surface area contributed by atoms with Crippen LogP contribution in [-0.2, 0) is 6.54 Å². The molecule has 1 radical (unpaired) electrons. The first-order valence-electron chi connectivity index (χ1n) is 3.70. The molecular formula is C9H11FN. The molecule has 0 fully saturated rings. The summed E-state index contributed by atoms with van der Waals surface area (Å²) in [5, 5.41) is 4.15. The molecule has 0 spiro atoms. The fourth-order valence-electron chi connectivity index (χ4n) is 0.831. The lowest BCUT2D eigenvalue weighted by Gasteiger charge is -1.98. The molecule has 1 nitrogen and oxygen atoms in total. The van der Waals surface area contributed by atoms with Gasteiger partial charge in [-0.2, -0.15) is 0 Å². The molecule has 0 heterocycles. The van der Waals surface area contributed by atoms with E-state index >= 15 is 0 Å². The number of halogens is 1. The SMILES string of the molecule is CC[N]Cc1ccc(F)cc1. The maximum Gasteiger partial charge on any atom is 0.123 e. The number of hydrogen-bond acceptors (Lipinski definition) is 0. The van der Waals surface area contributed by atoms with Crippen LogP contribution in [0.1, 0.15) is 12.5 Å². The minimum atomic E-state index is -0.190. The van der Waals surface area contributed by atoms with Crippen LogP contribution in [0.2, 0.25) is 0 Å². The number of rotatable bonds is 3. The van der Waals surface area contributed by atoms with E-state index < -0.39 is 0 Å². The van der Waals surface area contributed by atoms with Gasteiger partial charge in [0.1, 0.15) is 5.82 Å².